The summed E-state index contributed by atoms with van der Waals surface area (Å²) in [5.74, 6) is 0.515. The van der Waals surface area contributed by atoms with Crippen LogP contribution >= 0.6 is 15.9 Å². The molecular weight excluding hydrogens is 238 g/mol. The third-order valence-electron chi connectivity index (χ3n) is 1.58. The molecule has 0 saturated carbocycles. The predicted octanol–water partition coefficient (Wildman–Crippen LogP) is 2.37. The van der Waals surface area contributed by atoms with E-state index in [9.17, 15) is 10.1 Å². The maximum absolute atomic E-state index is 10.5. The molecule has 4 nitrogen and oxygen atoms in total. The van der Waals surface area contributed by atoms with Crippen molar-refractivity contribution >= 4 is 15.9 Å². The van der Waals surface area contributed by atoms with Gasteiger partial charge in [0, 0.05) is 20.9 Å². The lowest BCUT2D eigenvalue weighted by atomic mass is 10.2. The Kier molecular flexibility index (Phi) is 3.25. The van der Waals surface area contributed by atoms with Crippen molar-refractivity contribution in [2.45, 2.75) is 4.95 Å². The second-order valence-corrected chi connectivity index (χ2v) is 3.23. The van der Waals surface area contributed by atoms with Gasteiger partial charge in [-0.05, 0) is 12.1 Å². The van der Waals surface area contributed by atoms with Crippen LogP contribution in [-0.4, -0.2) is 12.0 Å². The highest BCUT2D eigenvalue weighted by molar-refractivity contribution is 9.09. The standard InChI is InChI=1S/C8H8BrNO3/c1-13-7-5-3-2-4-6(7)8(9)10(11)12/h2-5,8H,1H3. The quantitative estimate of drug-likeness (QED) is 0.356. The Morgan fingerprint density at radius 2 is 2.15 bits per heavy atom. The lowest BCUT2D eigenvalue weighted by molar-refractivity contribution is -0.498. The van der Waals surface area contributed by atoms with E-state index >= 15 is 0 Å². The highest BCUT2D eigenvalue weighted by Crippen LogP contribution is 2.30. The van der Waals surface area contributed by atoms with Gasteiger partial charge in [-0.25, -0.2) is 0 Å². The van der Waals surface area contributed by atoms with Gasteiger partial charge in [0.15, 0.2) is 0 Å². The van der Waals surface area contributed by atoms with Gasteiger partial charge < -0.3 is 4.74 Å². The molecule has 0 amide bonds. The molecule has 5 heteroatoms. The molecule has 13 heavy (non-hydrogen) atoms. The van der Waals surface area contributed by atoms with Crippen LogP contribution < -0.4 is 4.74 Å². The molecule has 0 aliphatic heterocycles. The molecule has 1 aromatic carbocycles. The lowest BCUT2D eigenvalue weighted by Gasteiger charge is -2.07. The van der Waals surface area contributed by atoms with Crippen molar-refractivity contribution in [3.63, 3.8) is 0 Å². The Balaban J connectivity index is 3.05. The first-order valence-electron chi connectivity index (χ1n) is 3.57. The number of alkyl halides is 1. The summed E-state index contributed by atoms with van der Waals surface area (Å²) in [7, 11) is 1.48. The Labute approximate surface area is 83.8 Å². The lowest BCUT2D eigenvalue weighted by Crippen LogP contribution is -2.04. The normalized spacial score (nSPS) is 12.2. The SMILES string of the molecule is COc1ccccc1C(Br)[N+](=O)[O-]. The van der Waals surface area contributed by atoms with Crippen molar-refractivity contribution in [1.29, 1.82) is 0 Å². The van der Waals surface area contributed by atoms with Gasteiger partial charge in [-0.15, -0.1) is 0 Å². The Hall–Kier alpha value is -1.10. The third kappa shape index (κ3) is 2.18. The van der Waals surface area contributed by atoms with Gasteiger partial charge in [0.05, 0.1) is 12.7 Å². The molecule has 1 atom stereocenters. The van der Waals surface area contributed by atoms with Gasteiger partial charge in [-0.2, -0.15) is 0 Å². The Bertz CT molecular complexity index is 316. The number of methoxy groups -OCH3 is 1. The third-order valence-corrected chi connectivity index (χ3v) is 2.41. The maximum Gasteiger partial charge on any atom is 0.294 e. The van der Waals surface area contributed by atoms with E-state index < -0.39 is 9.87 Å². The highest BCUT2D eigenvalue weighted by Gasteiger charge is 2.21. The molecule has 0 N–H and O–H groups in total. The number of benzene rings is 1. The van der Waals surface area contributed by atoms with Gasteiger partial charge in [-0.1, -0.05) is 12.1 Å². The molecule has 1 rings (SSSR count). The average Bonchev–Trinajstić information content (AvgIpc) is 2.16. The maximum atomic E-state index is 10.5. The topological polar surface area (TPSA) is 52.4 Å². The summed E-state index contributed by atoms with van der Waals surface area (Å²) in [6.45, 7) is 0. The summed E-state index contributed by atoms with van der Waals surface area (Å²) >= 11 is 2.96. The van der Waals surface area contributed by atoms with Crippen molar-refractivity contribution in [2.75, 3.05) is 7.11 Å². The summed E-state index contributed by atoms with van der Waals surface area (Å²) in [6, 6.07) is 6.84. The van der Waals surface area contributed by atoms with Crippen LogP contribution in [0.1, 0.15) is 10.5 Å². The molecule has 0 saturated heterocycles. The largest absolute Gasteiger partial charge is 0.496 e. The molecule has 0 aromatic heterocycles. The van der Waals surface area contributed by atoms with E-state index in [2.05, 4.69) is 15.9 Å². The number of ether oxygens (including phenoxy) is 1. The first kappa shape index (κ1) is 9.98. The van der Waals surface area contributed by atoms with Gasteiger partial charge in [0.1, 0.15) is 5.75 Å². The van der Waals surface area contributed by atoms with Crippen LogP contribution in [0.3, 0.4) is 0 Å². The Morgan fingerprint density at radius 3 is 2.69 bits per heavy atom. The number of hydrogen-bond acceptors (Lipinski definition) is 3. The van der Waals surface area contributed by atoms with E-state index in [1.165, 1.54) is 7.11 Å². The summed E-state index contributed by atoms with van der Waals surface area (Å²) in [4.78, 5) is 9.14. The monoisotopic (exact) mass is 245 g/mol. The molecule has 0 spiro atoms. The number of halogens is 1. The fourth-order valence-corrected chi connectivity index (χ4v) is 1.36. The van der Waals surface area contributed by atoms with E-state index in [4.69, 9.17) is 4.74 Å². The summed E-state index contributed by atoms with van der Waals surface area (Å²) in [5.41, 5.74) is 0.523. The van der Waals surface area contributed by atoms with Gasteiger partial charge in [0.25, 0.3) is 4.95 Å². The van der Waals surface area contributed by atoms with E-state index in [0.29, 0.717) is 11.3 Å². The van der Waals surface area contributed by atoms with Crippen molar-refractivity contribution in [3.05, 3.63) is 39.9 Å². The van der Waals surface area contributed by atoms with Crippen molar-refractivity contribution in [2.24, 2.45) is 0 Å². The van der Waals surface area contributed by atoms with Gasteiger partial charge in [0.2, 0.25) is 0 Å². The van der Waals surface area contributed by atoms with Crippen LogP contribution in [0, 0.1) is 10.1 Å². The van der Waals surface area contributed by atoms with Crippen LogP contribution in [0.2, 0.25) is 0 Å². The first-order valence-corrected chi connectivity index (χ1v) is 4.49. The number of nitrogens with zero attached hydrogens (tertiary/aromatic N) is 1. The summed E-state index contributed by atoms with van der Waals surface area (Å²) in [6.07, 6.45) is 0. The van der Waals surface area contributed by atoms with E-state index in [0.717, 1.165) is 0 Å². The molecule has 0 fully saturated rings. The van der Waals surface area contributed by atoms with Crippen LogP contribution in [0.25, 0.3) is 0 Å². The predicted molar refractivity (Wildman–Crippen MR) is 51.7 cm³/mol. The number of para-hydroxylation sites is 1. The highest BCUT2D eigenvalue weighted by atomic mass is 79.9. The molecule has 70 valence electrons. The average molecular weight is 246 g/mol. The van der Waals surface area contributed by atoms with E-state index in [1.807, 2.05) is 0 Å². The van der Waals surface area contributed by atoms with Crippen molar-refractivity contribution < 1.29 is 9.66 Å². The molecule has 0 bridgehead atoms. The molecule has 1 unspecified atom stereocenters. The number of rotatable bonds is 3. The van der Waals surface area contributed by atoms with Gasteiger partial charge >= 0.3 is 0 Å². The zero-order valence-electron chi connectivity index (χ0n) is 6.94. The van der Waals surface area contributed by atoms with Crippen LogP contribution in [0.15, 0.2) is 24.3 Å². The zero-order valence-corrected chi connectivity index (χ0v) is 8.52. The van der Waals surface area contributed by atoms with Crippen LogP contribution in [-0.2, 0) is 0 Å². The number of nitro groups is 1. The van der Waals surface area contributed by atoms with Crippen LogP contribution in [0.5, 0.6) is 5.75 Å². The molecule has 0 aliphatic carbocycles. The summed E-state index contributed by atoms with van der Waals surface area (Å²) in [5, 5.41) is 10.5. The van der Waals surface area contributed by atoms with Crippen molar-refractivity contribution in [3.8, 4) is 5.75 Å². The minimum Gasteiger partial charge on any atom is -0.496 e. The molecular formula is C8H8BrNO3. The number of hydrogen-bond donors (Lipinski definition) is 0. The smallest absolute Gasteiger partial charge is 0.294 e. The van der Waals surface area contributed by atoms with Crippen LogP contribution in [0.4, 0.5) is 0 Å². The van der Waals surface area contributed by atoms with Gasteiger partial charge in [-0.3, -0.25) is 10.1 Å². The fourth-order valence-electron chi connectivity index (χ4n) is 0.977. The molecule has 0 heterocycles. The molecule has 1 aromatic rings. The first-order chi connectivity index (χ1) is 6.16. The fraction of sp³-hybridized carbons (Fsp3) is 0.250. The second-order valence-electron chi connectivity index (χ2n) is 2.36. The molecule has 0 radical (unpaired) electrons. The molecule has 0 aliphatic rings. The van der Waals surface area contributed by atoms with Crippen molar-refractivity contribution in [1.82, 2.24) is 0 Å². The minimum atomic E-state index is -0.913. The minimum absolute atomic E-state index is 0.419. The second kappa shape index (κ2) is 4.23. The zero-order chi connectivity index (χ0) is 9.84. The van der Waals surface area contributed by atoms with E-state index in [1.54, 1.807) is 24.3 Å². The van der Waals surface area contributed by atoms with E-state index in [-0.39, 0.29) is 0 Å². The Morgan fingerprint density at radius 1 is 1.54 bits per heavy atom. The summed E-state index contributed by atoms with van der Waals surface area (Å²) < 4.78 is 4.98.